The van der Waals surface area contributed by atoms with Crippen molar-refractivity contribution >= 4 is 35.0 Å². The van der Waals surface area contributed by atoms with Crippen LogP contribution in [0.3, 0.4) is 0 Å². The highest BCUT2D eigenvalue weighted by Crippen LogP contribution is 2.32. The van der Waals surface area contributed by atoms with E-state index in [1.807, 2.05) is 0 Å². The van der Waals surface area contributed by atoms with Gasteiger partial charge in [0.2, 0.25) is 0 Å². The standard InChI is InChI=1S/C14H11ClF3N3OS/c1-7-3-4-8(15)5-10(7)20-12(22)9-6-19-13(23-2)21-11(9)14(16,17)18/h3-6H,1-2H3,(H,20,22). The number of hydrogen-bond acceptors (Lipinski definition) is 4. The molecule has 2 rings (SSSR count). The van der Waals surface area contributed by atoms with E-state index in [-0.39, 0.29) is 5.16 Å². The molecular weight excluding hydrogens is 351 g/mol. The predicted octanol–water partition coefficient (Wildman–Crippen LogP) is 4.43. The third-order valence-corrected chi connectivity index (χ3v) is 3.71. The number of rotatable bonds is 3. The summed E-state index contributed by atoms with van der Waals surface area (Å²) >= 11 is 6.79. The topological polar surface area (TPSA) is 54.9 Å². The number of benzene rings is 1. The summed E-state index contributed by atoms with van der Waals surface area (Å²) < 4.78 is 39.3. The van der Waals surface area contributed by atoms with Gasteiger partial charge < -0.3 is 5.32 Å². The van der Waals surface area contributed by atoms with Gasteiger partial charge in [0.1, 0.15) is 0 Å². The molecule has 0 unspecified atom stereocenters. The molecule has 1 aromatic heterocycles. The van der Waals surface area contributed by atoms with E-state index < -0.39 is 23.3 Å². The van der Waals surface area contributed by atoms with Crippen LogP contribution in [0.25, 0.3) is 0 Å². The second kappa shape index (κ2) is 6.76. The number of nitrogens with one attached hydrogen (secondary N) is 1. The Morgan fingerprint density at radius 3 is 2.65 bits per heavy atom. The van der Waals surface area contributed by atoms with Gasteiger partial charge in [-0.25, -0.2) is 9.97 Å². The van der Waals surface area contributed by atoms with Crippen molar-refractivity contribution in [2.75, 3.05) is 11.6 Å². The molecule has 0 aliphatic rings. The number of alkyl halides is 3. The van der Waals surface area contributed by atoms with Gasteiger partial charge >= 0.3 is 6.18 Å². The Morgan fingerprint density at radius 2 is 2.04 bits per heavy atom. The van der Waals surface area contributed by atoms with E-state index in [4.69, 9.17) is 11.6 Å². The average Bonchev–Trinajstić information content (AvgIpc) is 2.49. The molecule has 4 nitrogen and oxygen atoms in total. The number of carbonyl (C=O) groups is 1. The fourth-order valence-electron chi connectivity index (χ4n) is 1.76. The number of carbonyl (C=O) groups excluding carboxylic acids is 1. The molecule has 1 aromatic carbocycles. The van der Waals surface area contributed by atoms with Crippen molar-refractivity contribution in [3.63, 3.8) is 0 Å². The van der Waals surface area contributed by atoms with Crippen molar-refractivity contribution in [3.05, 3.63) is 46.2 Å². The van der Waals surface area contributed by atoms with E-state index in [9.17, 15) is 18.0 Å². The van der Waals surface area contributed by atoms with E-state index in [0.29, 0.717) is 16.3 Å². The summed E-state index contributed by atoms with van der Waals surface area (Å²) in [6.07, 6.45) is -2.34. The van der Waals surface area contributed by atoms with Crippen LogP contribution in [0.5, 0.6) is 0 Å². The predicted molar refractivity (Wildman–Crippen MR) is 83.0 cm³/mol. The van der Waals surface area contributed by atoms with E-state index in [1.165, 1.54) is 6.07 Å². The molecule has 2 aromatic rings. The number of anilines is 1. The molecule has 0 saturated carbocycles. The first-order valence-electron chi connectivity index (χ1n) is 6.28. The Bertz CT molecular complexity index is 753. The summed E-state index contributed by atoms with van der Waals surface area (Å²) in [6, 6.07) is 4.72. The zero-order valence-electron chi connectivity index (χ0n) is 12.0. The van der Waals surface area contributed by atoms with Crippen LogP contribution >= 0.6 is 23.4 Å². The Kier molecular flexibility index (Phi) is 5.16. The number of aromatic nitrogens is 2. The lowest BCUT2D eigenvalue weighted by molar-refractivity contribution is -0.142. The monoisotopic (exact) mass is 361 g/mol. The Labute approximate surface area is 139 Å². The van der Waals surface area contributed by atoms with Crippen molar-refractivity contribution in [2.45, 2.75) is 18.3 Å². The second-order valence-corrected chi connectivity index (χ2v) is 5.74. The van der Waals surface area contributed by atoms with Crippen LogP contribution in [0.2, 0.25) is 5.02 Å². The van der Waals surface area contributed by atoms with E-state index in [1.54, 1.807) is 25.3 Å². The number of hydrogen-bond donors (Lipinski definition) is 1. The Balaban J connectivity index is 2.41. The molecule has 0 saturated heterocycles. The molecule has 9 heteroatoms. The fraction of sp³-hybridized carbons (Fsp3) is 0.214. The molecule has 0 spiro atoms. The molecule has 1 amide bonds. The zero-order valence-corrected chi connectivity index (χ0v) is 13.6. The highest BCUT2D eigenvalue weighted by molar-refractivity contribution is 7.98. The summed E-state index contributed by atoms with van der Waals surface area (Å²) in [5.41, 5.74) is -0.925. The van der Waals surface area contributed by atoms with Gasteiger partial charge in [-0.2, -0.15) is 13.2 Å². The van der Waals surface area contributed by atoms with Crippen LogP contribution in [-0.2, 0) is 6.18 Å². The zero-order chi connectivity index (χ0) is 17.2. The van der Waals surface area contributed by atoms with Crippen LogP contribution in [0.1, 0.15) is 21.6 Å². The number of amides is 1. The Hall–Kier alpha value is -1.80. The van der Waals surface area contributed by atoms with Gasteiger partial charge in [-0.1, -0.05) is 29.4 Å². The molecular formula is C14H11ClF3N3OS. The van der Waals surface area contributed by atoms with Crippen molar-refractivity contribution in [1.29, 1.82) is 0 Å². The third kappa shape index (κ3) is 4.14. The summed E-state index contributed by atoms with van der Waals surface area (Å²) in [5.74, 6) is -0.949. The fourth-order valence-corrected chi connectivity index (χ4v) is 2.28. The van der Waals surface area contributed by atoms with Crippen LogP contribution in [0.15, 0.2) is 29.6 Å². The van der Waals surface area contributed by atoms with Crippen LogP contribution in [0.4, 0.5) is 18.9 Å². The minimum Gasteiger partial charge on any atom is -0.322 e. The molecule has 0 radical (unpaired) electrons. The van der Waals surface area contributed by atoms with Gasteiger partial charge in [-0.05, 0) is 30.9 Å². The first-order valence-corrected chi connectivity index (χ1v) is 7.88. The van der Waals surface area contributed by atoms with Crippen LogP contribution in [-0.4, -0.2) is 22.1 Å². The number of aryl methyl sites for hydroxylation is 1. The van der Waals surface area contributed by atoms with Crippen molar-refractivity contribution < 1.29 is 18.0 Å². The molecule has 0 bridgehead atoms. The molecule has 0 atom stereocenters. The van der Waals surface area contributed by atoms with Crippen molar-refractivity contribution in [2.24, 2.45) is 0 Å². The SMILES string of the molecule is CSc1ncc(C(=O)Nc2cc(Cl)ccc2C)c(C(F)(F)F)n1. The van der Waals surface area contributed by atoms with Gasteiger partial charge in [-0.3, -0.25) is 4.79 Å². The number of nitrogens with zero attached hydrogens (tertiary/aromatic N) is 2. The van der Waals surface area contributed by atoms with E-state index >= 15 is 0 Å². The lowest BCUT2D eigenvalue weighted by atomic mass is 10.1. The van der Waals surface area contributed by atoms with Gasteiger partial charge in [-0.15, -0.1) is 0 Å². The molecule has 1 N–H and O–H groups in total. The minimum absolute atomic E-state index is 0.0622. The minimum atomic E-state index is -4.76. The summed E-state index contributed by atoms with van der Waals surface area (Å²) in [4.78, 5) is 19.3. The quantitative estimate of drug-likeness (QED) is 0.649. The molecule has 1 heterocycles. The Morgan fingerprint density at radius 1 is 1.35 bits per heavy atom. The maximum absolute atomic E-state index is 13.1. The van der Waals surface area contributed by atoms with Gasteiger partial charge in [0.25, 0.3) is 5.91 Å². The van der Waals surface area contributed by atoms with Crippen molar-refractivity contribution in [1.82, 2.24) is 9.97 Å². The van der Waals surface area contributed by atoms with Crippen molar-refractivity contribution in [3.8, 4) is 0 Å². The first kappa shape index (κ1) is 17.6. The van der Waals surface area contributed by atoms with Crippen LogP contribution < -0.4 is 5.32 Å². The summed E-state index contributed by atoms with van der Waals surface area (Å²) in [5, 5.41) is 2.70. The number of halogens is 4. The highest BCUT2D eigenvalue weighted by Gasteiger charge is 2.38. The largest absolute Gasteiger partial charge is 0.434 e. The molecule has 0 aliphatic heterocycles. The molecule has 23 heavy (non-hydrogen) atoms. The summed E-state index contributed by atoms with van der Waals surface area (Å²) in [6.45, 7) is 1.70. The lowest BCUT2D eigenvalue weighted by Gasteiger charge is -2.13. The van der Waals surface area contributed by atoms with E-state index in [0.717, 1.165) is 18.0 Å². The molecule has 0 fully saturated rings. The maximum Gasteiger partial charge on any atom is 0.434 e. The normalized spacial score (nSPS) is 11.4. The third-order valence-electron chi connectivity index (χ3n) is 2.91. The summed E-state index contributed by atoms with van der Waals surface area (Å²) in [7, 11) is 0. The smallest absolute Gasteiger partial charge is 0.322 e. The van der Waals surface area contributed by atoms with Gasteiger partial charge in [0.15, 0.2) is 10.9 Å². The first-order chi connectivity index (χ1) is 10.7. The van der Waals surface area contributed by atoms with E-state index in [2.05, 4.69) is 15.3 Å². The van der Waals surface area contributed by atoms with Gasteiger partial charge in [0, 0.05) is 16.9 Å². The number of thioether (sulfide) groups is 1. The highest BCUT2D eigenvalue weighted by atomic mass is 35.5. The molecule has 0 aliphatic carbocycles. The maximum atomic E-state index is 13.1. The second-order valence-electron chi connectivity index (χ2n) is 4.53. The average molecular weight is 362 g/mol. The lowest BCUT2D eigenvalue weighted by Crippen LogP contribution is -2.21. The molecule has 122 valence electrons. The van der Waals surface area contributed by atoms with Gasteiger partial charge in [0.05, 0.1) is 5.56 Å². The van der Waals surface area contributed by atoms with Crippen LogP contribution in [0, 0.1) is 6.92 Å².